The molecule has 8 heteroatoms. The lowest BCUT2D eigenvalue weighted by Gasteiger charge is -2.30. The summed E-state index contributed by atoms with van der Waals surface area (Å²) < 4.78 is 16.6. The zero-order chi connectivity index (χ0) is 22.2. The van der Waals surface area contributed by atoms with Crippen molar-refractivity contribution in [2.45, 2.75) is 32.2 Å². The van der Waals surface area contributed by atoms with E-state index >= 15 is 0 Å². The zero-order valence-corrected chi connectivity index (χ0v) is 18.0. The Morgan fingerprint density at radius 3 is 2.56 bits per heavy atom. The minimum atomic E-state index is -0.779. The Morgan fingerprint density at radius 1 is 1.03 bits per heavy atom. The van der Waals surface area contributed by atoms with E-state index in [2.05, 4.69) is 4.90 Å². The third-order valence-corrected chi connectivity index (χ3v) is 6.32. The van der Waals surface area contributed by atoms with Gasteiger partial charge >= 0.3 is 0 Å². The number of fused-ring (bicyclic) bond motifs is 1. The second-order valence-corrected chi connectivity index (χ2v) is 8.41. The number of ketones is 1. The minimum Gasteiger partial charge on any atom is -0.507 e. The van der Waals surface area contributed by atoms with Crippen LogP contribution in [0.2, 0.25) is 0 Å². The van der Waals surface area contributed by atoms with Crippen LogP contribution in [-0.2, 0) is 9.59 Å². The van der Waals surface area contributed by atoms with Gasteiger partial charge in [0, 0.05) is 18.7 Å². The van der Waals surface area contributed by atoms with Gasteiger partial charge in [0.15, 0.2) is 11.5 Å². The van der Waals surface area contributed by atoms with Crippen molar-refractivity contribution in [1.82, 2.24) is 9.80 Å². The van der Waals surface area contributed by atoms with E-state index in [0.29, 0.717) is 41.7 Å². The van der Waals surface area contributed by atoms with Crippen LogP contribution < -0.4 is 9.47 Å². The number of likely N-dealkylation sites (tertiary alicyclic amines) is 2. The van der Waals surface area contributed by atoms with Crippen LogP contribution in [0.3, 0.4) is 0 Å². The maximum absolute atomic E-state index is 13.1. The Bertz CT molecular complexity index is 1080. The molecule has 1 atom stereocenters. The number of aliphatic hydroxyl groups excluding tert-OH is 1. The van der Waals surface area contributed by atoms with Crippen LogP contribution in [0, 0.1) is 6.92 Å². The Hall–Kier alpha value is -3.26. The van der Waals surface area contributed by atoms with Crippen molar-refractivity contribution < 1.29 is 28.6 Å². The van der Waals surface area contributed by atoms with E-state index in [0.717, 1.165) is 25.9 Å². The van der Waals surface area contributed by atoms with E-state index in [4.69, 9.17) is 13.9 Å². The van der Waals surface area contributed by atoms with Gasteiger partial charge in [0.25, 0.3) is 11.7 Å². The molecule has 2 saturated heterocycles. The SMILES string of the molecule is Cc1ccc(C2/C(=C(\O)c3ccc4c(c3)OCO4)C(=O)C(=O)N2CCN2CCCCC2)o1. The summed E-state index contributed by atoms with van der Waals surface area (Å²) in [7, 11) is 0. The highest BCUT2D eigenvalue weighted by Gasteiger charge is 2.47. The number of hydrogen-bond donors (Lipinski definition) is 1. The van der Waals surface area contributed by atoms with Crippen molar-refractivity contribution >= 4 is 17.4 Å². The van der Waals surface area contributed by atoms with Crippen LogP contribution in [0.5, 0.6) is 11.5 Å². The van der Waals surface area contributed by atoms with E-state index in [-0.39, 0.29) is 18.1 Å². The molecule has 32 heavy (non-hydrogen) atoms. The predicted octanol–water partition coefficient (Wildman–Crippen LogP) is 3.22. The molecule has 1 aromatic heterocycles. The van der Waals surface area contributed by atoms with Crippen molar-refractivity contribution in [2.75, 3.05) is 33.0 Å². The van der Waals surface area contributed by atoms with Crippen molar-refractivity contribution in [3.05, 3.63) is 53.0 Å². The number of nitrogens with zero attached hydrogens (tertiary/aromatic N) is 2. The largest absolute Gasteiger partial charge is 0.507 e. The first kappa shape index (κ1) is 20.6. The van der Waals surface area contributed by atoms with Crippen molar-refractivity contribution in [3.8, 4) is 11.5 Å². The lowest BCUT2D eigenvalue weighted by Crippen LogP contribution is -2.39. The van der Waals surface area contributed by atoms with Gasteiger partial charge in [-0.3, -0.25) is 9.59 Å². The fourth-order valence-corrected chi connectivity index (χ4v) is 4.64. The standard InChI is InChI=1S/C24H26N2O6/c1-15-5-7-18(32-15)21-20(22(27)16-6-8-17-19(13-16)31-14-30-17)23(28)24(29)26(21)12-11-25-9-3-2-4-10-25/h5-8,13,21,27H,2-4,9-12,14H2,1H3/b22-20+. The first-order valence-electron chi connectivity index (χ1n) is 11.0. The highest BCUT2D eigenvalue weighted by molar-refractivity contribution is 6.46. The normalized spacial score (nSPS) is 22.7. The van der Waals surface area contributed by atoms with Gasteiger partial charge in [-0.25, -0.2) is 0 Å². The molecule has 3 aliphatic heterocycles. The van der Waals surface area contributed by atoms with Crippen LogP contribution in [-0.4, -0.2) is 59.6 Å². The van der Waals surface area contributed by atoms with Gasteiger partial charge < -0.3 is 28.8 Å². The van der Waals surface area contributed by atoms with Crippen LogP contribution in [0.1, 0.15) is 42.4 Å². The van der Waals surface area contributed by atoms with Crippen LogP contribution in [0.15, 0.2) is 40.3 Å². The number of rotatable bonds is 5. The van der Waals surface area contributed by atoms with Gasteiger partial charge in [-0.1, -0.05) is 6.42 Å². The first-order chi connectivity index (χ1) is 15.5. The second-order valence-electron chi connectivity index (χ2n) is 8.41. The summed E-state index contributed by atoms with van der Waals surface area (Å²) in [5.41, 5.74) is 0.415. The summed E-state index contributed by atoms with van der Waals surface area (Å²) in [6, 6.07) is 7.71. The van der Waals surface area contributed by atoms with Crippen molar-refractivity contribution in [1.29, 1.82) is 0 Å². The van der Waals surface area contributed by atoms with E-state index in [1.54, 1.807) is 37.3 Å². The fraction of sp³-hybridized carbons (Fsp3) is 0.417. The molecule has 0 spiro atoms. The van der Waals surface area contributed by atoms with Crippen molar-refractivity contribution in [3.63, 3.8) is 0 Å². The molecular formula is C24H26N2O6. The molecule has 1 unspecified atom stereocenters. The number of hydrogen-bond acceptors (Lipinski definition) is 7. The Labute approximate surface area is 186 Å². The zero-order valence-electron chi connectivity index (χ0n) is 18.0. The number of Topliss-reactive ketones (excluding diaryl/α,β-unsaturated/α-hetero) is 1. The molecule has 8 nitrogen and oxygen atoms in total. The molecular weight excluding hydrogens is 412 g/mol. The van der Waals surface area contributed by atoms with Crippen LogP contribution >= 0.6 is 0 Å². The molecule has 2 fully saturated rings. The summed E-state index contributed by atoms with van der Waals surface area (Å²) in [5.74, 6) is 0.607. The van der Waals surface area contributed by atoms with Crippen LogP contribution in [0.25, 0.3) is 5.76 Å². The first-order valence-corrected chi connectivity index (χ1v) is 11.0. The molecule has 0 saturated carbocycles. The van der Waals surface area contributed by atoms with Crippen molar-refractivity contribution in [2.24, 2.45) is 0 Å². The lowest BCUT2D eigenvalue weighted by molar-refractivity contribution is -0.140. The van der Waals surface area contributed by atoms with E-state index < -0.39 is 17.7 Å². The number of benzene rings is 1. The lowest BCUT2D eigenvalue weighted by atomic mass is 9.99. The van der Waals surface area contributed by atoms with Gasteiger partial charge in [-0.05, 0) is 63.2 Å². The second kappa shape index (κ2) is 8.35. The van der Waals surface area contributed by atoms with Gasteiger partial charge in [-0.15, -0.1) is 0 Å². The maximum atomic E-state index is 13.1. The summed E-state index contributed by atoms with van der Waals surface area (Å²) in [4.78, 5) is 29.9. The predicted molar refractivity (Wildman–Crippen MR) is 115 cm³/mol. The minimum absolute atomic E-state index is 0.0295. The molecule has 2 aromatic rings. The summed E-state index contributed by atoms with van der Waals surface area (Å²) >= 11 is 0. The Kier molecular flexibility index (Phi) is 5.38. The topological polar surface area (TPSA) is 92.4 Å². The van der Waals surface area contributed by atoms with Crippen LogP contribution in [0.4, 0.5) is 0 Å². The third-order valence-electron chi connectivity index (χ3n) is 6.32. The average molecular weight is 438 g/mol. The molecule has 1 N–H and O–H groups in total. The molecule has 0 aliphatic carbocycles. The number of amides is 1. The monoisotopic (exact) mass is 438 g/mol. The Morgan fingerprint density at radius 2 is 1.81 bits per heavy atom. The average Bonchev–Trinajstić information content (AvgIpc) is 3.51. The summed E-state index contributed by atoms with van der Waals surface area (Å²) in [6.07, 6.45) is 3.51. The summed E-state index contributed by atoms with van der Waals surface area (Å²) in [6.45, 7) is 4.95. The van der Waals surface area contributed by atoms with E-state index in [1.807, 2.05) is 0 Å². The highest BCUT2D eigenvalue weighted by Crippen LogP contribution is 2.41. The van der Waals surface area contributed by atoms with E-state index in [1.165, 1.54) is 11.3 Å². The number of ether oxygens (including phenoxy) is 2. The number of aliphatic hydroxyl groups is 1. The molecule has 3 aliphatic rings. The molecule has 0 bridgehead atoms. The van der Waals surface area contributed by atoms with Gasteiger partial charge in [-0.2, -0.15) is 0 Å². The molecule has 168 valence electrons. The molecule has 1 amide bonds. The number of furan rings is 1. The fourth-order valence-electron chi connectivity index (χ4n) is 4.64. The third kappa shape index (κ3) is 3.64. The van der Waals surface area contributed by atoms with Gasteiger partial charge in [0.1, 0.15) is 23.3 Å². The number of aryl methyl sites for hydroxylation is 1. The van der Waals surface area contributed by atoms with Gasteiger partial charge in [0.05, 0.1) is 5.57 Å². The molecule has 4 heterocycles. The summed E-state index contributed by atoms with van der Waals surface area (Å²) in [5, 5.41) is 11.1. The molecule has 0 radical (unpaired) electrons. The molecule has 5 rings (SSSR count). The van der Waals surface area contributed by atoms with Gasteiger partial charge in [0.2, 0.25) is 6.79 Å². The molecule has 1 aromatic carbocycles. The Balaban J connectivity index is 1.52. The smallest absolute Gasteiger partial charge is 0.295 e. The highest BCUT2D eigenvalue weighted by atomic mass is 16.7. The number of piperidine rings is 1. The van der Waals surface area contributed by atoms with E-state index in [9.17, 15) is 14.7 Å². The maximum Gasteiger partial charge on any atom is 0.295 e. The number of carbonyl (C=O) groups is 2. The number of carbonyl (C=O) groups excluding carboxylic acids is 2. The quantitative estimate of drug-likeness (QED) is 0.435.